The second kappa shape index (κ2) is 9.47. The number of aromatic nitrogens is 7. The maximum Gasteiger partial charge on any atom is 0.224 e. The molecule has 188 valence electrons. The van der Waals surface area contributed by atoms with Gasteiger partial charge in [0.1, 0.15) is 11.5 Å². The van der Waals surface area contributed by atoms with E-state index in [4.69, 9.17) is 4.98 Å². The van der Waals surface area contributed by atoms with Gasteiger partial charge in [0, 0.05) is 41.7 Å². The quantitative estimate of drug-likeness (QED) is 0.264. The van der Waals surface area contributed by atoms with Gasteiger partial charge in [-0.1, -0.05) is 26.0 Å². The lowest BCUT2D eigenvalue weighted by Gasteiger charge is -2.08. The molecule has 0 spiro atoms. The minimum atomic E-state index is -0.327. The summed E-state index contributed by atoms with van der Waals surface area (Å²) >= 11 is 0. The van der Waals surface area contributed by atoms with Crippen molar-refractivity contribution in [1.29, 1.82) is 0 Å². The summed E-state index contributed by atoms with van der Waals surface area (Å²) in [5.41, 5.74) is 6.20. The monoisotopic (exact) mass is 506 g/mol. The smallest absolute Gasteiger partial charge is 0.224 e. The van der Waals surface area contributed by atoms with Crippen LogP contribution in [0.25, 0.3) is 55.8 Å². The number of halogens is 1. The molecule has 5 heterocycles. The molecule has 0 aliphatic rings. The summed E-state index contributed by atoms with van der Waals surface area (Å²) in [5.74, 6) is 0.435. The summed E-state index contributed by atoms with van der Waals surface area (Å²) in [6, 6.07) is 10.2. The van der Waals surface area contributed by atoms with Gasteiger partial charge in [-0.25, -0.2) is 14.4 Å². The van der Waals surface area contributed by atoms with E-state index in [-0.39, 0.29) is 17.6 Å². The number of aromatic amines is 2. The van der Waals surface area contributed by atoms with Crippen LogP contribution in [0.4, 0.5) is 10.1 Å². The average molecular weight is 507 g/mol. The molecule has 1 amide bonds. The fourth-order valence-electron chi connectivity index (χ4n) is 4.41. The third-order valence-corrected chi connectivity index (χ3v) is 6.13. The second-order valence-corrected chi connectivity index (χ2v) is 9.48. The molecule has 6 aromatic rings. The molecule has 5 aromatic heterocycles. The van der Waals surface area contributed by atoms with E-state index >= 15 is 0 Å². The number of nitrogens with zero attached hydrogens (tertiary/aromatic N) is 5. The Morgan fingerprint density at radius 3 is 2.68 bits per heavy atom. The maximum atomic E-state index is 13.9. The van der Waals surface area contributed by atoms with Crippen LogP contribution in [-0.2, 0) is 4.79 Å². The van der Waals surface area contributed by atoms with Gasteiger partial charge in [0.15, 0.2) is 11.5 Å². The van der Waals surface area contributed by atoms with Crippen molar-refractivity contribution >= 4 is 33.7 Å². The Bertz CT molecular complexity index is 1810. The van der Waals surface area contributed by atoms with Crippen LogP contribution in [-0.4, -0.2) is 41.0 Å². The number of anilines is 1. The number of fused-ring (bicyclic) bond motifs is 2. The first kappa shape index (κ1) is 23.4. The summed E-state index contributed by atoms with van der Waals surface area (Å²) in [6.07, 6.45) is 8.85. The van der Waals surface area contributed by atoms with Crippen molar-refractivity contribution in [2.75, 3.05) is 5.32 Å². The zero-order valence-electron chi connectivity index (χ0n) is 20.7. The van der Waals surface area contributed by atoms with Gasteiger partial charge >= 0.3 is 0 Å². The van der Waals surface area contributed by atoms with Gasteiger partial charge in [0.2, 0.25) is 5.91 Å². The molecule has 0 fully saturated rings. The molecular formula is C28H23FN8O. The van der Waals surface area contributed by atoms with Crippen molar-refractivity contribution in [1.82, 2.24) is 35.1 Å². The van der Waals surface area contributed by atoms with Crippen LogP contribution in [0.5, 0.6) is 0 Å². The average Bonchev–Trinajstić information content (AvgIpc) is 3.52. The molecular weight excluding hydrogens is 483 g/mol. The summed E-state index contributed by atoms with van der Waals surface area (Å²) in [7, 11) is 0. The molecule has 0 aliphatic carbocycles. The van der Waals surface area contributed by atoms with Gasteiger partial charge in [-0.2, -0.15) is 5.10 Å². The molecule has 9 nitrogen and oxygen atoms in total. The van der Waals surface area contributed by atoms with E-state index in [0.29, 0.717) is 45.9 Å². The van der Waals surface area contributed by atoms with Crippen molar-refractivity contribution in [2.24, 2.45) is 5.92 Å². The zero-order valence-corrected chi connectivity index (χ0v) is 20.7. The Morgan fingerprint density at radius 2 is 1.84 bits per heavy atom. The molecule has 0 aliphatic heterocycles. The van der Waals surface area contributed by atoms with Gasteiger partial charge < -0.3 is 10.3 Å². The Kier molecular flexibility index (Phi) is 5.83. The van der Waals surface area contributed by atoms with Crippen molar-refractivity contribution in [3.8, 4) is 33.8 Å². The largest absolute Gasteiger partial charge is 0.335 e. The normalized spacial score (nSPS) is 11.5. The Morgan fingerprint density at radius 1 is 1.00 bits per heavy atom. The molecule has 0 saturated heterocycles. The Hall–Kier alpha value is -4.99. The van der Waals surface area contributed by atoms with E-state index in [2.05, 4.69) is 35.5 Å². The lowest BCUT2D eigenvalue weighted by atomic mass is 10.1. The first-order chi connectivity index (χ1) is 18.4. The standard InChI is InChI=1S/C28H23FN8O/c1-15(2)6-24(38)33-20-8-17(10-30-12-20)18-9-21-26(36-37-27(21)32-11-18)28-34-23-14-31-13-22(25(23)35-28)16-4-3-5-19(29)7-16/h3-5,7-15H,6H2,1-2H3,(H,33,38)(H,34,35)(H,32,36,37). The van der Waals surface area contributed by atoms with E-state index in [9.17, 15) is 9.18 Å². The van der Waals surface area contributed by atoms with E-state index < -0.39 is 0 Å². The number of rotatable bonds is 6. The van der Waals surface area contributed by atoms with Crippen LogP contribution < -0.4 is 5.32 Å². The third-order valence-electron chi connectivity index (χ3n) is 6.13. The lowest BCUT2D eigenvalue weighted by molar-refractivity contribution is -0.116. The Balaban J connectivity index is 1.38. The van der Waals surface area contributed by atoms with Gasteiger partial charge in [0.25, 0.3) is 0 Å². The zero-order chi connectivity index (χ0) is 26.2. The third kappa shape index (κ3) is 4.47. The fraction of sp³-hybridized carbons (Fsp3) is 0.143. The van der Waals surface area contributed by atoms with Gasteiger partial charge in [-0.3, -0.25) is 19.9 Å². The lowest BCUT2D eigenvalue weighted by Crippen LogP contribution is -2.13. The second-order valence-electron chi connectivity index (χ2n) is 9.48. The predicted molar refractivity (Wildman–Crippen MR) is 143 cm³/mol. The van der Waals surface area contributed by atoms with E-state index in [1.165, 1.54) is 12.1 Å². The highest BCUT2D eigenvalue weighted by Gasteiger charge is 2.17. The SMILES string of the molecule is CC(C)CC(=O)Nc1cncc(-c2cnc3n[nH]c(-c4nc5c(-c6cccc(F)c6)cncc5[nH]4)c3c2)c1. The molecule has 0 saturated carbocycles. The summed E-state index contributed by atoms with van der Waals surface area (Å²) in [4.78, 5) is 33.4. The van der Waals surface area contributed by atoms with Gasteiger partial charge in [0.05, 0.1) is 34.5 Å². The highest BCUT2D eigenvalue weighted by Crippen LogP contribution is 2.32. The number of pyridine rings is 3. The molecule has 3 N–H and O–H groups in total. The van der Waals surface area contributed by atoms with E-state index in [1.54, 1.807) is 37.1 Å². The molecule has 0 unspecified atom stereocenters. The van der Waals surface area contributed by atoms with Crippen molar-refractivity contribution < 1.29 is 9.18 Å². The van der Waals surface area contributed by atoms with Crippen LogP contribution in [0, 0.1) is 11.7 Å². The molecule has 0 radical (unpaired) electrons. The van der Waals surface area contributed by atoms with Crippen molar-refractivity contribution in [3.05, 3.63) is 73.2 Å². The Labute approximate surface area is 216 Å². The van der Waals surface area contributed by atoms with Gasteiger partial charge in [-0.15, -0.1) is 0 Å². The first-order valence-electron chi connectivity index (χ1n) is 12.1. The number of carbonyl (C=O) groups is 1. The van der Waals surface area contributed by atoms with E-state index in [0.717, 1.165) is 22.1 Å². The number of hydrogen-bond donors (Lipinski definition) is 3. The number of nitrogens with one attached hydrogen (secondary N) is 3. The number of amides is 1. The first-order valence-corrected chi connectivity index (χ1v) is 12.1. The van der Waals surface area contributed by atoms with Gasteiger partial charge in [-0.05, 0) is 35.7 Å². The summed E-state index contributed by atoms with van der Waals surface area (Å²) < 4.78 is 13.9. The number of H-pyrrole nitrogens is 2. The summed E-state index contributed by atoms with van der Waals surface area (Å²) in [6.45, 7) is 4.00. The van der Waals surface area contributed by atoms with Crippen LogP contribution in [0.2, 0.25) is 0 Å². The summed E-state index contributed by atoms with van der Waals surface area (Å²) in [5, 5.41) is 11.0. The molecule has 6 rings (SSSR count). The van der Waals surface area contributed by atoms with Crippen molar-refractivity contribution in [3.63, 3.8) is 0 Å². The van der Waals surface area contributed by atoms with Crippen molar-refractivity contribution in [2.45, 2.75) is 20.3 Å². The highest BCUT2D eigenvalue weighted by molar-refractivity contribution is 5.97. The molecule has 10 heteroatoms. The topological polar surface area (TPSA) is 125 Å². The number of imidazole rings is 1. The predicted octanol–water partition coefficient (Wildman–Crippen LogP) is 5.75. The van der Waals surface area contributed by atoms with Crippen LogP contribution in [0.3, 0.4) is 0 Å². The number of benzene rings is 1. The number of carbonyl (C=O) groups excluding carboxylic acids is 1. The maximum absolute atomic E-state index is 13.9. The van der Waals surface area contributed by atoms with Crippen LogP contribution >= 0.6 is 0 Å². The van der Waals surface area contributed by atoms with Crippen LogP contribution in [0.15, 0.2) is 67.4 Å². The van der Waals surface area contributed by atoms with E-state index in [1.807, 2.05) is 32.0 Å². The highest BCUT2D eigenvalue weighted by atomic mass is 19.1. The minimum absolute atomic E-state index is 0.0540. The molecule has 0 atom stereocenters. The molecule has 1 aromatic carbocycles. The minimum Gasteiger partial charge on any atom is -0.335 e. The van der Waals surface area contributed by atoms with Crippen LogP contribution in [0.1, 0.15) is 20.3 Å². The molecule has 38 heavy (non-hydrogen) atoms. The molecule has 0 bridgehead atoms. The number of hydrogen-bond acceptors (Lipinski definition) is 6. The fourth-order valence-corrected chi connectivity index (χ4v) is 4.41.